The number of amides is 4. The Morgan fingerprint density at radius 3 is 2.79 bits per heavy atom. The molecule has 28 heavy (non-hydrogen) atoms. The maximum atomic E-state index is 12.8. The molecule has 1 saturated heterocycles. The Morgan fingerprint density at radius 2 is 2.04 bits per heavy atom. The van der Waals surface area contributed by atoms with Crippen LogP contribution in [0.25, 0.3) is 0 Å². The van der Waals surface area contributed by atoms with E-state index in [0.717, 1.165) is 24.8 Å². The van der Waals surface area contributed by atoms with Gasteiger partial charge in [0.1, 0.15) is 6.04 Å². The lowest BCUT2D eigenvalue weighted by Gasteiger charge is -2.29. The molecule has 1 aromatic rings. The molecule has 0 radical (unpaired) electrons. The Kier molecular flexibility index (Phi) is 4.98. The average molecular weight is 381 g/mol. The number of hydrogen-bond acceptors (Lipinski definition) is 4. The third-order valence-corrected chi connectivity index (χ3v) is 5.71. The van der Waals surface area contributed by atoms with Crippen LogP contribution in [0.5, 0.6) is 0 Å². The number of nitrogens with one attached hydrogen (secondary N) is 2. The third kappa shape index (κ3) is 3.56. The van der Waals surface area contributed by atoms with Crippen molar-refractivity contribution in [2.75, 3.05) is 5.32 Å². The van der Waals surface area contributed by atoms with Crippen molar-refractivity contribution in [1.29, 1.82) is 0 Å². The molecular formula is C21H23N3O4. The van der Waals surface area contributed by atoms with E-state index in [1.807, 2.05) is 0 Å². The summed E-state index contributed by atoms with van der Waals surface area (Å²) in [7, 11) is 0. The van der Waals surface area contributed by atoms with Crippen LogP contribution in [0.15, 0.2) is 30.4 Å². The fraction of sp³-hybridized carbons (Fsp3) is 0.429. The smallest absolute Gasteiger partial charge is 0.255 e. The van der Waals surface area contributed by atoms with E-state index in [-0.39, 0.29) is 30.7 Å². The number of anilines is 1. The molecule has 4 amide bonds. The molecule has 4 rings (SSSR count). The van der Waals surface area contributed by atoms with Crippen LogP contribution in [0, 0.1) is 5.92 Å². The normalized spacial score (nSPS) is 24.1. The molecule has 7 heteroatoms. The van der Waals surface area contributed by atoms with E-state index in [9.17, 15) is 19.2 Å². The van der Waals surface area contributed by atoms with Gasteiger partial charge in [-0.25, -0.2) is 0 Å². The van der Waals surface area contributed by atoms with Gasteiger partial charge in [-0.2, -0.15) is 0 Å². The van der Waals surface area contributed by atoms with E-state index in [0.29, 0.717) is 30.0 Å². The van der Waals surface area contributed by atoms with Crippen molar-refractivity contribution in [1.82, 2.24) is 10.2 Å². The first-order valence-corrected chi connectivity index (χ1v) is 9.74. The number of hydrogen-bond donors (Lipinski definition) is 2. The molecule has 2 N–H and O–H groups in total. The summed E-state index contributed by atoms with van der Waals surface area (Å²) in [6.07, 6.45) is 8.21. The second-order valence-electron chi connectivity index (χ2n) is 7.63. The summed E-state index contributed by atoms with van der Waals surface area (Å²) in [6.45, 7) is 0.253. The SMILES string of the molecule is O=C1CCC(N2Cc3c(NC(=O)C[C@@H]4CC=CCC4)cccc3C2=O)C(=O)N1. The summed E-state index contributed by atoms with van der Waals surface area (Å²) in [4.78, 5) is 50.4. The molecule has 3 aliphatic rings. The summed E-state index contributed by atoms with van der Waals surface area (Å²) in [5.74, 6) is -0.689. The second-order valence-corrected chi connectivity index (χ2v) is 7.63. The van der Waals surface area contributed by atoms with Gasteiger partial charge in [0.25, 0.3) is 5.91 Å². The van der Waals surface area contributed by atoms with Crippen molar-refractivity contribution in [3.05, 3.63) is 41.5 Å². The number of nitrogens with zero attached hydrogens (tertiary/aromatic N) is 1. The molecule has 146 valence electrons. The highest BCUT2D eigenvalue weighted by molar-refractivity contribution is 6.06. The van der Waals surface area contributed by atoms with Crippen molar-refractivity contribution in [3.63, 3.8) is 0 Å². The maximum Gasteiger partial charge on any atom is 0.255 e. The first kappa shape index (κ1) is 18.4. The Bertz CT molecular complexity index is 876. The van der Waals surface area contributed by atoms with Crippen molar-refractivity contribution in [2.45, 2.75) is 51.1 Å². The van der Waals surface area contributed by atoms with E-state index in [1.165, 1.54) is 4.90 Å². The molecule has 1 aliphatic carbocycles. The zero-order valence-electron chi connectivity index (χ0n) is 15.6. The fourth-order valence-electron chi connectivity index (χ4n) is 4.21. The van der Waals surface area contributed by atoms with Gasteiger partial charge in [-0.15, -0.1) is 0 Å². The lowest BCUT2D eigenvalue weighted by molar-refractivity contribution is -0.137. The fourth-order valence-corrected chi connectivity index (χ4v) is 4.21. The van der Waals surface area contributed by atoms with Crippen LogP contribution in [0.1, 0.15) is 54.4 Å². The zero-order chi connectivity index (χ0) is 19.7. The Labute approximate surface area is 163 Å². The van der Waals surface area contributed by atoms with E-state index < -0.39 is 11.9 Å². The number of imide groups is 1. The lowest BCUT2D eigenvalue weighted by Crippen LogP contribution is -2.52. The van der Waals surface area contributed by atoms with E-state index in [2.05, 4.69) is 22.8 Å². The molecule has 0 spiro atoms. The topological polar surface area (TPSA) is 95.6 Å². The van der Waals surface area contributed by atoms with Crippen LogP contribution >= 0.6 is 0 Å². The molecular weight excluding hydrogens is 358 g/mol. The van der Waals surface area contributed by atoms with Crippen LogP contribution in [-0.2, 0) is 20.9 Å². The molecule has 7 nitrogen and oxygen atoms in total. The number of fused-ring (bicyclic) bond motifs is 1. The maximum absolute atomic E-state index is 12.8. The summed E-state index contributed by atoms with van der Waals surface area (Å²) in [5.41, 5.74) is 1.86. The van der Waals surface area contributed by atoms with Crippen molar-refractivity contribution in [3.8, 4) is 0 Å². The number of allylic oxidation sites excluding steroid dienone is 2. The van der Waals surface area contributed by atoms with E-state index in [4.69, 9.17) is 0 Å². The third-order valence-electron chi connectivity index (χ3n) is 5.71. The van der Waals surface area contributed by atoms with E-state index >= 15 is 0 Å². The van der Waals surface area contributed by atoms with Gasteiger partial charge in [-0.1, -0.05) is 18.2 Å². The molecule has 1 unspecified atom stereocenters. The predicted octanol–water partition coefficient (Wildman–Crippen LogP) is 2.13. The Balaban J connectivity index is 1.48. The number of carbonyl (C=O) groups is 4. The van der Waals surface area contributed by atoms with Crippen LogP contribution < -0.4 is 10.6 Å². The van der Waals surface area contributed by atoms with Crippen molar-refractivity contribution in [2.24, 2.45) is 5.92 Å². The van der Waals surface area contributed by atoms with Gasteiger partial charge in [0, 0.05) is 36.2 Å². The van der Waals surface area contributed by atoms with Crippen LogP contribution in [0.3, 0.4) is 0 Å². The molecule has 0 saturated carbocycles. The average Bonchev–Trinajstić information content (AvgIpc) is 3.00. The van der Waals surface area contributed by atoms with Gasteiger partial charge < -0.3 is 10.2 Å². The zero-order valence-corrected chi connectivity index (χ0v) is 15.6. The molecule has 2 atom stereocenters. The van der Waals surface area contributed by atoms with Crippen LogP contribution in [-0.4, -0.2) is 34.6 Å². The van der Waals surface area contributed by atoms with E-state index in [1.54, 1.807) is 18.2 Å². The first-order valence-electron chi connectivity index (χ1n) is 9.74. The van der Waals surface area contributed by atoms with Gasteiger partial charge in [-0.05, 0) is 43.7 Å². The Morgan fingerprint density at radius 1 is 1.18 bits per heavy atom. The minimum Gasteiger partial charge on any atom is -0.326 e. The molecule has 2 aliphatic heterocycles. The predicted molar refractivity (Wildman–Crippen MR) is 102 cm³/mol. The monoisotopic (exact) mass is 381 g/mol. The van der Waals surface area contributed by atoms with Gasteiger partial charge in [-0.3, -0.25) is 24.5 Å². The van der Waals surface area contributed by atoms with Crippen LogP contribution in [0.2, 0.25) is 0 Å². The highest BCUT2D eigenvalue weighted by Crippen LogP contribution is 2.32. The quantitative estimate of drug-likeness (QED) is 0.617. The largest absolute Gasteiger partial charge is 0.326 e. The highest BCUT2D eigenvalue weighted by Gasteiger charge is 2.39. The first-order chi connectivity index (χ1) is 13.5. The van der Waals surface area contributed by atoms with Crippen molar-refractivity contribution >= 4 is 29.3 Å². The molecule has 0 bridgehead atoms. The summed E-state index contributed by atoms with van der Waals surface area (Å²) >= 11 is 0. The lowest BCUT2D eigenvalue weighted by atomic mass is 9.91. The number of benzene rings is 1. The van der Waals surface area contributed by atoms with Gasteiger partial charge in [0.15, 0.2) is 0 Å². The van der Waals surface area contributed by atoms with Crippen LogP contribution in [0.4, 0.5) is 5.69 Å². The Hall–Kier alpha value is -2.96. The van der Waals surface area contributed by atoms with Crippen molar-refractivity contribution < 1.29 is 19.2 Å². The minimum absolute atomic E-state index is 0.0550. The minimum atomic E-state index is -0.657. The number of piperidine rings is 1. The summed E-state index contributed by atoms with van der Waals surface area (Å²) in [5, 5.41) is 5.25. The van der Waals surface area contributed by atoms with Gasteiger partial charge >= 0.3 is 0 Å². The number of rotatable bonds is 4. The second kappa shape index (κ2) is 7.58. The molecule has 1 aromatic carbocycles. The van der Waals surface area contributed by atoms with Gasteiger partial charge in [0.2, 0.25) is 17.7 Å². The summed E-state index contributed by atoms with van der Waals surface area (Å²) in [6, 6.07) is 4.59. The molecule has 1 fully saturated rings. The molecule has 2 heterocycles. The standard InChI is InChI=1S/C21H23N3O4/c25-18-10-9-17(20(27)23-18)24-12-15-14(21(24)28)7-4-8-16(15)22-19(26)11-13-5-2-1-3-6-13/h1-2,4,7-8,13,17H,3,5-6,9-12H2,(H,22,26)(H,23,25,27)/t13-,17?/m1/s1. The summed E-state index contributed by atoms with van der Waals surface area (Å²) < 4.78 is 0. The molecule has 0 aromatic heterocycles. The van der Waals surface area contributed by atoms with Gasteiger partial charge in [0.05, 0.1) is 0 Å². The highest BCUT2D eigenvalue weighted by atomic mass is 16.2. The number of carbonyl (C=O) groups excluding carboxylic acids is 4.